The first-order valence-corrected chi connectivity index (χ1v) is 17.8. The minimum Gasteiger partial charge on any atom is -0.438 e. The zero-order chi connectivity index (χ0) is 34.7. The van der Waals surface area contributed by atoms with Crippen molar-refractivity contribution in [1.82, 2.24) is 14.5 Å². The first kappa shape index (κ1) is 37.4. The third-order valence-electron chi connectivity index (χ3n) is 7.68. The number of hydrogen-bond acceptors (Lipinski definition) is 14. The summed E-state index contributed by atoms with van der Waals surface area (Å²) in [6.07, 6.45) is -0.216. The molecule has 0 bridgehead atoms. The Morgan fingerprint density at radius 2 is 1.62 bits per heavy atom. The van der Waals surface area contributed by atoms with E-state index in [1.54, 1.807) is 53.8 Å². The fraction of sp³-hybridized carbons (Fsp3) is 0.690. The van der Waals surface area contributed by atoms with Crippen LogP contribution in [0.3, 0.4) is 0 Å². The van der Waals surface area contributed by atoms with E-state index in [2.05, 4.69) is 15.3 Å². The van der Waals surface area contributed by atoms with Gasteiger partial charge in [0.25, 0.3) is 0 Å². The zero-order valence-electron chi connectivity index (χ0n) is 27.1. The number of aromatic nitrogens is 3. The van der Waals surface area contributed by atoms with Crippen LogP contribution in [0.2, 0.25) is 5.28 Å². The first-order valence-electron chi connectivity index (χ1n) is 15.2. The number of rotatable bonds is 12. The second-order valence-electron chi connectivity index (χ2n) is 13.5. The molecule has 4 atom stereocenters. The number of aliphatic hydroxyl groups excluding tert-OH is 2. The number of aliphatic hydroxyl groups is 2. The van der Waals surface area contributed by atoms with E-state index in [1.165, 1.54) is 4.57 Å². The van der Waals surface area contributed by atoms with Crippen molar-refractivity contribution in [2.24, 2.45) is 10.8 Å². The van der Waals surface area contributed by atoms with Gasteiger partial charge in [0.05, 0.1) is 22.3 Å². The van der Waals surface area contributed by atoms with E-state index in [0.717, 1.165) is 25.7 Å². The van der Waals surface area contributed by atoms with E-state index in [-0.39, 0.29) is 22.6 Å². The lowest BCUT2D eigenvalue weighted by Gasteiger charge is -2.23. The van der Waals surface area contributed by atoms with Crippen LogP contribution in [0.4, 0.5) is 5.82 Å². The van der Waals surface area contributed by atoms with Crippen LogP contribution in [0, 0.1) is 10.8 Å². The van der Waals surface area contributed by atoms with Crippen LogP contribution >= 0.6 is 19.2 Å². The summed E-state index contributed by atoms with van der Waals surface area (Å²) < 4.78 is 54.1. The number of anilines is 1. The number of hydrogen-bond donors (Lipinski definition) is 3. The van der Waals surface area contributed by atoms with E-state index >= 15 is 0 Å². The van der Waals surface area contributed by atoms with Gasteiger partial charge in [0.2, 0.25) is 18.9 Å². The molecule has 0 unspecified atom stereocenters. The Morgan fingerprint density at radius 3 is 2.15 bits per heavy atom. The van der Waals surface area contributed by atoms with Crippen molar-refractivity contribution in [2.45, 2.75) is 104 Å². The third kappa shape index (κ3) is 8.98. The second-order valence-corrected chi connectivity index (χ2v) is 16.9. The molecule has 3 N–H and O–H groups in total. The largest absolute Gasteiger partial charge is 0.438 e. The summed E-state index contributed by atoms with van der Waals surface area (Å²) in [5, 5.41) is 26.0. The molecule has 1 saturated carbocycles. The van der Waals surface area contributed by atoms with Crippen molar-refractivity contribution < 1.29 is 51.8 Å². The maximum atomic E-state index is 14.0. The van der Waals surface area contributed by atoms with Crippen LogP contribution in [0.25, 0.3) is 11.0 Å². The smallest absolute Gasteiger partial charge is 0.376 e. The normalized spacial score (nSPS) is 22.4. The van der Waals surface area contributed by atoms with Crippen molar-refractivity contribution in [3.63, 3.8) is 0 Å². The molecule has 1 aliphatic carbocycles. The van der Waals surface area contributed by atoms with Crippen molar-refractivity contribution in [2.75, 3.05) is 18.9 Å². The zero-order valence-corrected chi connectivity index (χ0v) is 29.6. The molecule has 0 spiro atoms. The summed E-state index contributed by atoms with van der Waals surface area (Å²) in [7, 11) is -4.61. The second kappa shape index (κ2) is 15.0. The highest BCUT2D eigenvalue weighted by molar-refractivity contribution is 7.91. The summed E-state index contributed by atoms with van der Waals surface area (Å²) in [6.45, 7) is 7.91. The maximum Gasteiger partial charge on any atom is 0.376 e. The molecule has 3 heterocycles. The Bertz CT molecular complexity index is 1530. The Morgan fingerprint density at radius 1 is 1.04 bits per heavy atom. The van der Waals surface area contributed by atoms with Crippen LogP contribution < -0.4 is 5.32 Å². The number of ether oxygens (including phenoxy) is 3. The average molecular weight is 721 g/mol. The van der Waals surface area contributed by atoms with E-state index < -0.39 is 79.5 Å². The number of esters is 2. The van der Waals surface area contributed by atoms with Crippen LogP contribution in [0.1, 0.15) is 79.9 Å². The van der Waals surface area contributed by atoms with Gasteiger partial charge in [-0.1, -0.05) is 12.8 Å². The van der Waals surface area contributed by atoms with Gasteiger partial charge >= 0.3 is 19.5 Å². The molecule has 1 aliphatic heterocycles. The number of carbonyl (C=O) groups is 2. The molecular weight excluding hydrogens is 679 g/mol. The maximum absolute atomic E-state index is 14.0. The van der Waals surface area contributed by atoms with Crippen LogP contribution in [0.15, 0.2) is 12.3 Å². The number of carbonyl (C=O) groups excluding carboxylic acids is 2. The van der Waals surface area contributed by atoms with E-state index in [4.69, 9.17) is 34.9 Å². The molecule has 2 fully saturated rings. The predicted octanol–water partition coefficient (Wildman–Crippen LogP) is 4.11. The lowest BCUT2D eigenvalue weighted by molar-refractivity contribution is -0.161. The van der Waals surface area contributed by atoms with E-state index in [0.29, 0.717) is 16.9 Å². The SMILES string of the molecule is CC(C)(C)C(=O)OCOP(=O)(OCOC(=O)C(C)(C)C)C(C[C@@H]1O[C@@H](n2ccc3c(NC4CCCC4)nc(Cl)nc32)[C@H](O)[C@@H]1O)=S=O. The van der Waals surface area contributed by atoms with E-state index in [1.807, 2.05) is 0 Å². The van der Waals surface area contributed by atoms with Gasteiger partial charge in [-0.15, -0.1) is 0 Å². The van der Waals surface area contributed by atoms with Gasteiger partial charge < -0.3 is 34.3 Å². The van der Waals surface area contributed by atoms with Crippen LogP contribution in [-0.2, 0) is 48.7 Å². The highest BCUT2D eigenvalue weighted by Crippen LogP contribution is 2.52. The molecule has 1 saturated heterocycles. The minimum absolute atomic E-state index is 0.0320. The van der Waals surface area contributed by atoms with Crippen LogP contribution in [0.5, 0.6) is 0 Å². The lowest BCUT2D eigenvalue weighted by Crippen LogP contribution is -2.33. The van der Waals surface area contributed by atoms with Crippen LogP contribution in [-0.4, -0.2) is 83.4 Å². The molecule has 2 aromatic rings. The highest BCUT2D eigenvalue weighted by Gasteiger charge is 2.47. The number of nitrogens with one attached hydrogen (secondary N) is 1. The predicted molar refractivity (Wildman–Crippen MR) is 173 cm³/mol. The minimum atomic E-state index is -4.61. The Kier molecular flexibility index (Phi) is 11.9. The molecule has 262 valence electrons. The van der Waals surface area contributed by atoms with Gasteiger partial charge in [-0.25, -0.2) is 9.19 Å². The molecule has 4 rings (SSSR count). The topological polar surface area (TPSA) is 198 Å². The summed E-state index contributed by atoms with van der Waals surface area (Å²) in [5.41, 5.74) is -1.48. The molecular formula is C29H42ClN4O11PS. The first-order chi connectivity index (χ1) is 21.9. The third-order valence-corrected chi connectivity index (χ3v) is 10.8. The van der Waals surface area contributed by atoms with Gasteiger partial charge in [0.1, 0.15) is 39.5 Å². The number of nitrogens with zero attached hydrogens (tertiary/aromatic N) is 3. The molecule has 0 radical (unpaired) electrons. The van der Waals surface area contributed by atoms with Gasteiger partial charge in [-0.3, -0.25) is 23.2 Å². The molecule has 47 heavy (non-hydrogen) atoms. The molecule has 2 aliphatic rings. The monoisotopic (exact) mass is 720 g/mol. The molecule has 18 heteroatoms. The Balaban J connectivity index is 1.54. The molecule has 0 aromatic carbocycles. The fourth-order valence-corrected chi connectivity index (χ4v) is 7.22. The van der Waals surface area contributed by atoms with Gasteiger partial charge in [0.15, 0.2) is 6.23 Å². The van der Waals surface area contributed by atoms with Crippen molar-refractivity contribution in [1.29, 1.82) is 0 Å². The average Bonchev–Trinajstić information content (AvgIpc) is 3.71. The highest BCUT2D eigenvalue weighted by atomic mass is 35.5. The Labute approximate surface area is 281 Å². The molecule has 2 aromatic heterocycles. The molecule has 0 amide bonds. The summed E-state index contributed by atoms with van der Waals surface area (Å²) in [4.78, 5) is 33.2. The van der Waals surface area contributed by atoms with Crippen molar-refractivity contribution >= 4 is 63.8 Å². The van der Waals surface area contributed by atoms with E-state index in [9.17, 15) is 28.6 Å². The molecule has 15 nitrogen and oxygen atoms in total. The van der Waals surface area contributed by atoms with Gasteiger partial charge in [-0.05, 0) is 72.1 Å². The van der Waals surface area contributed by atoms with Gasteiger partial charge in [-0.2, -0.15) is 4.98 Å². The number of halogens is 1. The quantitative estimate of drug-likeness (QED) is 0.0931. The summed E-state index contributed by atoms with van der Waals surface area (Å²) >= 11 is 6.02. The summed E-state index contributed by atoms with van der Waals surface area (Å²) in [6, 6.07) is 1.97. The van der Waals surface area contributed by atoms with Crippen molar-refractivity contribution in [3.05, 3.63) is 17.5 Å². The lowest BCUT2D eigenvalue weighted by atomic mass is 9.98. The Hall–Kier alpha value is -2.43. The van der Waals surface area contributed by atoms with Gasteiger partial charge in [0, 0.05) is 18.7 Å². The van der Waals surface area contributed by atoms with Crippen molar-refractivity contribution in [3.8, 4) is 0 Å². The summed E-state index contributed by atoms with van der Waals surface area (Å²) in [5.74, 6) is -0.822. The number of fused-ring (bicyclic) bond motifs is 1. The fourth-order valence-electron chi connectivity index (χ4n) is 4.99. The standard InChI is InChI=1S/C29H42ClN4O11PS/c1-28(2,3)25(37)41-14-43-46(39,44-15-42-26(38)29(4,5)6)19(47-40)13-18-20(35)21(36)24(45-18)34-12-11-17-22(31-16-9-7-8-10-16)32-27(30)33-23(17)34/h11-12,16,18,20-21,24,35-36H,7-10,13-15H2,1-6H3,(H,31,32,33)/t18-,20+,21+,24+/m0/s1.